The second-order valence-corrected chi connectivity index (χ2v) is 4.08. The fourth-order valence-corrected chi connectivity index (χ4v) is 1.31. The van der Waals surface area contributed by atoms with Crippen molar-refractivity contribution in [1.82, 2.24) is 0 Å². The largest absolute Gasteiger partial charge is 0.169 e. The lowest BCUT2D eigenvalue weighted by atomic mass is 10.1. The summed E-state index contributed by atoms with van der Waals surface area (Å²) in [6.07, 6.45) is 4.08. The van der Waals surface area contributed by atoms with E-state index in [4.69, 9.17) is 0 Å². The van der Waals surface area contributed by atoms with Crippen LogP contribution in [0.2, 0.25) is 0 Å². The predicted molar refractivity (Wildman–Crippen MR) is 68.1 cm³/mol. The van der Waals surface area contributed by atoms with Gasteiger partial charge in [-0.05, 0) is 30.2 Å². The first-order valence-corrected chi connectivity index (χ1v) is 6.26. The normalized spacial score (nSPS) is 9.36. The highest BCUT2D eigenvalue weighted by Crippen LogP contribution is 2.14. The van der Waals surface area contributed by atoms with Gasteiger partial charge in [0.25, 0.3) is 0 Å². The lowest BCUT2D eigenvalue weighted by Gasteiger charge is -1.96. The number of fused-ring (bicyclic) bond motifs is 1. The Morgan fingerprint density at radius 3 is 2.07 bits per heavy atom. The van der Waals surface area contributed by atoms with E-state index in [0.717, 1.165) is 0 Å². The predicted octanol–water partition coefficient (Wildman–Crippen LogP) is 4.13. The summed E-state index contributed by atoms with van der Waals surface area (Å²) in [4.78, 5) is 0. The average Bonchev–Trinajstić information content (AvgIpc) is 2.19. The van der Waals surface area contributed by atoms with Crippen LogP contribution in [0.3, 0.4) is 0 Å². The molecule has 2 rings (SSSR count). The maximum absolute atomic E-state index is 2.20. The van der Waals surface area contributed by atoms with E-state index in [2.05, 4.69) is 49.4 Å². The molecule has 0 N–H and O–H groups in total. The summed E-state index contributed by atoms with van der Waals surface area (Å²) in [5.74, 6) is 0. The van der Waals surface area contributed by atoms with Crippen LogP contribution in [0.4, 0.5) is 0 Å². The van der Waals surface area contributed by atoms with Gasteiger partial charge in [0.1, 0.15) is 0 Å². The minimum Gasteiger partial charge on any atom is -0.169 e. The Morgan fingerprint density at radius 1 is 0.857 bits per heavy atom. The first-order valence-electron chi connectivity index (χ1n) is 4.63. The Morgan fingerprint density at radius 2 is 1.43 bits per heavy atom. The van der Waals surface area contributed by atoms with Gasteiger partial charge in [-0.1, -0.05) is 48.0 Å². The Kier molecular flexibility index (Phi) is 4.54. The van der Waals surface area contributed by atoms with E-state index in [-0.39, 0.29) is 0 Å². The fraction of sp³-hybridized carbons (Fsp3) is 0.231. The smallest absolute Gasteiger partial charge is 0.0181 e. The maximum Gasteiger partial charge on any atom is -0.0181 e. The number of hydrogen-bond acceptors (Lipinski definition) is 1. The Hall–Kier alpha value is -0.950. The van der Waals surface area contributed by atoms with Gasteiger partial charge in [-0.25, -0.2) is 0 Å². The second-order valence-electron chi connectivity index (χ2n) is 3.26. The van der Waals surface area contributed by atoms with Crippen LogP contribution in [0.15, 0.2) is 42.5 Å². The monoisotopic (exact) mass is 204 g/mol. The van der Waals surface area contributed by atoms with Crippen LogP contribution in [0.5, 0.6) is 0 Å². The third kappa shape index (κ3) is 3.08. The molecule has 0 aliphatic carbocycles. The van der Waals surface area contributed by atoms with Crippen LogP contribution >= 0.6 is 11.8 Å². The van der Waals surface area contributed by atoms with Crippen molar-refractivity contribution in [3.05, 3.63) is 48.0 Å². The van der Waals surface area contributed by atoms with E-state index in [1.807, 2.05) is 12.5 Å². The maximum atomic E-state index is 2.20. The van der Waals surface area contributed by atoms with Crippen molar-refractivity contribution in [3.8, 4) is 0 Å². The molecule has 0 fully saturated rings. The third-order valence-electron chi connectivity index (χ3n) is 1.90. The van der Waals surface area contributed by atoms with Crippen molar-refractivity contribution in [2.45, 2.75) is 6.92 Å². The van der Waals surface area contributed by atoms with Gasteiger partial charge >= 0.3 is 0 Å². The van der Waals surface area contributed by atoms with Crippen LogP contribution < -0.4 is 0 Å². The molecule has 14 heavy (non-hydrogen) atoms. The summed E-state index contributed by atoms with van der Waals surface area (Å²) in [6.45, 7) is 2.12. The zero-order valence-corrected chi connectivity index (χ0v) is 9.77. The second kappa shape index (κ2) is 5.71. The van der Waals surface area contributed by atoms with Crippen molar-refractivity contribution < 1.29 is 0 Å². The molecular formula is C13H16S. The number of thioether (sulfide) groups is 1. The van der Waals surface area contributed by atoms with Crippen molar-refractivity contribution in [3.63, 3.8) is 0 Å². The van der Waals surface area contributed by atoms with Crippen molar-refractivity contribution >= 4 is 22.5 Å². The molecule has 0 saturated heterocycles. The van der Waals surface area contributed by atoms with Gasteiger partial charge in [0.15, 0.2) is 0 Å². The molecule has 2 aromatic carbocycles. The van der Waals surface area contributed by atoms with Gasteiger partial charge in [-0.2, -0.15) is 11.8 Å². The Bertz CT molecular complexity index is 393. The van der Waals surface area contributed by atoms with Crippen molar-refractivity contribution in [1.29, 1.82) is 0 Å². The van der Waals surface area contributed by atoms with Gasteiger partial charge in [0, 0.05) is 0 Å². The van der Waals surface area contributed by atoms with E-state index < -0.39 is 0 Å². The van der Waals surface area contributed by atoms with Gasteiger partial charge in [0.05, 0.1) is 0 Å². The molecular weight excluding hydrogens is 188 g/mol. The summed E-state index contributed by atoms with van der Waals surface area (Å²) in [5, 5.41) is 2.64. The average molecular weight is 204 g/mol. The number of rotatable bonds is 0. The van der Waals surface area contributed by atoms with Gasteiger partial charge < -0.3 is 0 Å². The molecule has 0 aliphatic heterocycles. The molecule has 0 radical (unpaired) electrons. The van der Waals surface area contributed by atoms with E-state index in [1.165, 1.54) is 16.3 Å². The lowest BCUT2D eigenvalue weighted by Crippen LogP contribution is -1.73. The highest BCUT2D eigenvalue weighted by molar-refractivity contribution is 7.97. The molecule has 0 aromatic heterocycles. The molecule has 74 valence electrons. The molecule has 0 aliphatic rings. The van der Waals surface area contributed by atoms with E-state index in [9.17, 15) is 0 Å². The van der Waals surface area contributed by atoms with Crippen molar-refractivity contribution in [2.24, 2.45) is 0 Å². The summed E-state index contributed by atoms with van der Waals surface area (Å²) >= 11 is 1.75. The molecule has 2 aromatic rings. The summed E-state index contributed by atoms with van der Waals surface area (Å²) in [5.41, 5.74) is 1.32. The zero-order valence-electron chi connectivity index (χ0n) is 8.95. The quantitative estimate of drug-likeness (QED) is 0.622. The molecule has 0 atom stereocenters. The summed E-state index contributed by atoms with van der Waals surface area (Å²) in [7, 11) is 0. The molecule has 0 spiro atoms. The lowest BCUT2D eigenvalue weighted by molar-refractivity contribution is 1.51. The van der Waals surface area contributed by atoms with Gasteiger partial charge in [-0.3, -0.25) is 0 Å². The topological polar surface area (TPSA) is 0 Å². The van der Waals surface area contributed by atoms with Crippen LogP contribution in [0.25, 0.3) is 10.8 Å². The minimum absolute atomic E-state index is 1.32. The molecule has 0 saturated carbocycles. The third-order valence-corrected chi connectivity index (χ3v) is 1.90. The van der Waals surface area contributed by atoms with E-state index in [0.29, 0.717) is 0 Å². The molecule has 0 nitrogen and oxygen atoms in total. The van der Waals surface area contributed by atoms with Crippen LogP contribution in [-0.2, 0) is 0 Å². The van der Waals surface area contributed by atoms with E-state index in [1.54, 1.807) is 11.8 Å². The first-order chi connectivity index (χ1) is 6.77. The number of hydrogen-bond donors (Lipinski definition) is 0. The number of benzene rings is 2. The fourth-order valence-electron chi connectivity index (χ4n) is 1.31. The molecule has 1 heteroatoms. The van der Waals surface area contributed by atoms with Crippen LogP contribution in [0, 0.1) is 6.92 Å². The standard InChI is InChI=1S/C11H10.C2H6S/c1-9-6-7-10-4-2-3-5-11(10)8-9;1-3-2/h2-8H,1H3;1-2H3. The molecule has 0 heterocycles. The van der Waals surface area contributed by atoms with Gasteiger partial charge in [-0.15, -0.1) is 0 Å². The number of aryl methyl sites for hydroxylation is 1. The highest BCUT2D eigenvalue weighted by atomic mass is 32.2. The molecule has 0 bridgehead atoms. The zero-order chi connectivity index (χ0) is 10.4. The molecule has 0 unspecified atom stereocenters. The van der Waals surface area contributed by atoms with E-state index >= 15 is 0 Å². The summed E-state index contributed by atoms with van der Waals surface area (Å²) in [6, 6.07) is 14.9. The first kappa shape index (κ1) is 11.1. The van der Waals surface area contributed by atoms with Crippen LogP contribution in [-0.4, -0.2) is 12.5 Å². The summed E-state index contributed by atoms with van der Waals surface area (Å²) < 4.78 is 0. The Labute approximate surface area is 90.3 Å². The van der Waals surface area contributed by atoms with Crippen LogP contribution in [0.1, 0.15) is 5.56 Å². The Balaban J connectivity index is 0.000000293. The van der Waals surface area contributed by atoms with Gasteiger partial charge in [0.2, 0.25) is 0 Å². The highest BCUT2D eigenvalue weighted by Gasteiger charge is 1.89. The minimum atomic E-state index is 1.32. The molecule has 0 amide bonds. The SMILES string of the molecule is CSC.Cc1ccc2ccccc2c1. The van der Waals surface area contributed by atoms with Crippen molar-refractivity contribution in [2.75, 3.05) is 12.5 Å².